The summed E-state index contributed by atoms with van der Waals surface area (Å²) in [4.78, 5) is 20.1. The first-order chi connectivity index (χ1) is 11.9. The van der Waals surface area contributed by atoms with Gasteiger partial charge in [0.25, 0.3) is 11.7 Å². The molecule has 0 atom stereocenters. The minimum atomic E-state index is -3.76. The summed E-state index contributed by atoms with van der Waals surface area (Å²) in [5.74, 6) is 0.269. The molecule has 2 aromatic heterocycles. The molecule has 1 amide bonds. The fraction of sp³-hybridized carbons (Fsp3) is 0.200. The van der Waals surface area contributed by atoms with Gasteiger partial charge >= 0.3 is 0 Å². The molecule has 0 bridgehead atoms. The molecule has 130 valence electrons. The van der Waals surface area contributed by atoms with Gasteiger partial charge in [-0.3, -0.25) is 4.79 Å². The Morgan fingerprint density at radius 3 is 2.68 bits per heavy atom. The maximum atomic E-state index is 12.0. The Labute approximate surface area is 144 Å². The number of nitrogens with one attached hydrogen (secondary N) is 1. The number of sulfonamides is 1. The second-order valence-electron chi connectivity index (χ2n) is 5.40. The molecular weight excluding hydrogens is 344 g/mol. The molecule has 9 nitrogen and oxygen atoms in total. The van der Waals surface area contributed by atoms with E-state index < -0.39 is 10.0 Å². The Balaban J connectivity index is 1.50. The molecule has 3 rings (SSSR count). The highest BCUT2D eigenvalue weighted by Gasteiger charge is 2.10. The Bertz CT molecular complexity index is 998. The minimum Gasteiger partial charge on any atom is -0.352 e. The van der Waals surface area contributed by atoms with E-state index in [0.717, 1.165) is 18.4 Å². The van der Waals surface area contributed by atoms with E-state index in [2.05, 4.69) is 20.4 Å². The molecule has 0 aliphatic rings. The lowest BCUT2D eigenvalue weighted by Crippen LogP contribution is -2.25. The second kappa shape index (κ2) is 6.95. The van der Waals surface area contributed by atoms with Crippen LogP contribution in [0.5, 0.6) is 0 Å². The van der Waals surface area contributed by atoms with Crippen molar-refractivity contribution >= 4 is 21.7 Å². The van der Waals surface area contributed by atoms with Gasteiger partial charge in [0.05, 0.1) is 4.90 Å². The molecule has 0 aliphatic carbocycles. The lowest BCUT2D eigenvalue weighted by molar-refractivity contribution is 0.0953. The maximum absolute atomic E-state index is 12.0. The summed E-state index contributed by atoms with van der Waals surface area (Å²) in [7, 11) is -3.76. The minimum absolute atomic E-state index is 0.0277. The highest BCUT2D eigenvalue weighted by molar-refractivity contribution is 7.89. The van der Waals surface area contributed by atoms with Crippen molar-refractivity contribution in [1.82, 2.24) is 24.9 Å². The van der Waals surface area contributed by atoms with Crippen LogP contribution in [0.25, 0.3) is 5.78 Å². The molecule has 0 saturated heterocycles. The monoisotopic (exact) mass is 360 g/mol. The topological polar surface area (TPSA) is 132 Å². The predicted molar refractivity (Wildman–Crippen MR) is 89.3 cm³/mol. The Morgan fingerprint density at radius 2 is 1.96 bits per heavy atom. The third-order valence-electron chi connectivity index (χ3n) is 3.56. The smallest absolute Gasteiger partial charge is 0.252 e. The molecule has 2 heterocycles. The van der Waals surface area contributed by atoms with E-state index in [-0.39, 0.29) is 10.8 Å². The first-order valence-corrected chi connectivity index (χ1v) is 9.03. The molecular formula is C15H16N6O3S. The average molecular weight is 360 g/mol. The zero-order chi connectivity index (χ0) is 17.9. The molecule has 25 heavy (non-hydrogen) atoms. The number of hydrogen-bond acceptors (Lipinski definition) is 6. The number of aromatic nitrogens is 4. The van der Waals surface area contributed by atoms with Crippen LogP contribution in [0.4, 0.5) is 0 Å². The van der Waals surface area contributed by atoms with Crippen LogP contribution in [0.15, 0.2) is 47.9 Å². The van der Waals surface area contributed by atoms with Gasteiger partial charge in [0.15, 0.2) is 0 Å². The van der Waals surface area contributed by atoms with Gasteiger partial charge in [0.2, 0.25) is 10.0 Å². The molecule has 0 fully saturated rings. The predicted octanol–water partition coefficient (Wildman–Crippen LogP) is 0.134. The van der Waals surface area contributed by atoms with Crippen molar-refractivity contribution in [2.75, 3.05) is 6.54 Å². The number of amides is 1. The fourth-order valence-corrected chi connectivity index (χ4v) is 2.80. The third-order valence-corrected chi connectivity index (χ3v) is 4.49. The van der Waals surface area contributed by atoms with Crippen molar-refractivity contribution in [1.29, 1.82) is 0 Å². The summed E-state index contributed by atoms with van der Waals surface area (Å²) in [6.07, 6.45) is 6.48. The van der Waals surface area contributed by atoms with Crippen LogP contribution in [0.1, 0.15) is 22.3 Å². The van der Waals surface area contributed by atoms with Gasteiger partial charge in [-0.25, -0.2) is 23.1 Å². The van der Waals surface area contributed by atoms with Crippen molar-refractivity contribution < 1.29 is 13.2 Å². The van der Waals surface area contributed by atoms with Crippen molar-refractivity contribution in [2.45, 2.75) is 17.7 Å². The molecule has 0 unspecified atom stereocenters. The van der Waals surface area contributed by atoms with Crippen LogP contribution in [-0.2, 0) is 16.4 Å². The van der Waals surface area contributed by atoms with E-state index >= 15 is 0 Å². The number of aryl methyl sites for hydroxylation is 1. The van der Waals surface area contributed by atoms with Crippen molar-refractivity contribution in [3.05, 3.63) is 54.1 Å². The summed E-state index contributed by atoms with van der Waals surface area (Å²) in [6.45, 7) is 0.477. The summed E-state index contributed by atoms with van der Waals surface area (Å²) in [6, 6.07) is 5.47. The van der Waals surface area contributed by atoms with Crippen LogP contribution >= 0.6 is 0 Å². The zero-order valence-corrected chi connectivity index (χ0v) is 14.0. The molecule has 0 aliphatic heterocycles. The van der Waals surface area contributed by atoms with Crippen LogP contribution in [0, 0.1) is 0 Å². The number of fused-ring (bicyclic) bond motifs is 1. The molecule has 3 aromatic rings. The number of hydrogen-bond donors (Lipinski definition) is 2. The molecule has 1 aromatic carbocycles. The highest BCUT2D eigenvalue weighted by Crippen LogP contribution is 2.09. The van der Waals surface area contributed by atoms with Gasteiger partial charge in [-0.05, 0) is 42.7 Å². The number of primary sulfonamides is 1. The van der Waals surface area contributed by atoms with Crippen LogP contribution in [0.3, 0.4) is 0 Å². The normalized spacial score (nSPS) is 11.6. The lowest BCUT2D eigenvalue weighted by Gasteiger charge is -2.06. The lowest BCUT2D eigenvalue weighted by atomic mass is 10.2. The van der Waals surface area contributed by atoms with E-state index in [1.54, 1.807) is 10.7 Å². The van der Waals surface area contributed by atoms with Crippen LogP contribution < -0.4 is 10.5 Å². The van der Waals surface area contributed by atoms with Gasteiger partial charge in [-0.15, -0.1) is 0 Å². The summed E-state index contributed by atoms with van der Waals surface area (Å²) < 4.78 is 24.0. The first-order valence-electron chi connectivity index (χ1n) is 7.49. The average Bonchev–Trinajstić information content (AvgIpc) is 3.05. The van der Waals surface area contributed by atoms with Gasteiger partial charge in [-0.2, -0.15) is 10.1 Å². The second-order valence-corrected chi connectivity index (χ2v) is 6.96. The Kier molecular flexibility index (Phi) is 4.72. The van der Waals surface area contributed by atoms with Gasteiger partial charge < -0.3 is 5.32 Å². The SMILES string of the molecule is NS(=O)(=O)c1ccc(C(=O)NCCCc2cnc3ncnn3c2)cc1. The molecule has 0 radical (unpaired) electrons. The van der Waals surface area contributed by atoms with E-state index in [0.29, 0.717) is 17.9 Å². The number of rotatable bonds is 6. The Morgan fingerprint density at radius 1 is 1.20 bits per heavy atom. The van der Waals surface area contributed by atoms with Crippen LogP contribution in [0.2, 0.25) is 0 Å². The van der Waals surface area contributed by atoms with Crippen molar-refractivity contribution in [2.24, 2.45) is 5.14 Å². The molecule has 3 N–H and O–H groups in total. The quantitative estimate of drug-likeness (QED) is 0.601. The van der Waals surface area contributed by atoms with E-state index in [1.165, 1.54) is 30.6 Å². The molecule has 0 saturated carbocycles. The summed E-state index contributed by atoms with van der Waals surface area (Å²) in [5.41, 5.74) is 1.36. The maximum Gasteiger partial charge on any atom is 0.252 e. The number of carbonyl (C=O) groups excluding carboxylic acids is 1. The number of nitrogens with two attached hydrogens (primary N) is 1. The summed E-state index contributed by atoms with van der Waals surface area (Å²) >= 11 is 0. The Hall–Kier alpha value is -2.85. The van der Waals surface area contributed by atoms with E-state index in [9.17, 15) is 13.2 Å². The van der Waals surface area contributed by atoms with E-state index in [4.69, 9.17) is 5.14 Å². The summed E-state index contributed by atoms with van der Waals surface area (Å²) in [5, 5.41) is 11.8. The van der Waals surface area contributed by atoms with Gasteiger partial charge in [-0.1, -0.05) is 0 Å². The zero-order valence-electron chi connectivity index (χ0n) is 13.2. The number of carbonyl (C=O) groups is 1. The standard InChI is InChI=1S/C15H16N6O3S/c16-25(23,24)13-5-3-12(4-6-13)14(22)17-7-1-2-11-8-18-15-19-10-20-21(15)9-11/h3-6,8-10H,1-2,7H2,(H,17,22)(H2,16,23,24). The van der Waals surface area contributed by atoms with E-state index in [1.807, 2.05) is 6.20 Å². The number of nitrogens with zero attached hydrogens (tertiary/aromatic N) is 4. The number of benzene rings is 1. The molecule has 10 heteroatoms. The fourth-order valence-electron chi connectivity index (χ4n) is 2.28. The van der Waals surface area contributed by atoms with Gasteiger partial charge in [0.1, 0.15) is 6.33 Å². The van der Waals surface area contributed by atoms with Crippen LogP contribution in [-0.4, -0.2) is 40.5 Å². The third kappa shape index (κ3) is 4.17. The first kappa shape index (κ1) is 17.0. The van der Waals surface area contributed by atoms with Crippen molar-refractivity contribution in [3.63, 3.8) is 0 Å². The molecule has 0 spiro atoms. The van der Waals surface area contributed by atoms with Gasteiger partial charge in [0, 0.05) is 24.5 Å². The highest BCUT2D eigenvalue weighted by atomic mass is 32.2. The largest absolute Gasteiger partial charge is 0.352 e. The van der Waals surface area contributed by atoms with Crippen molar-refractivity contribution in [3.8, 4) is 0 Å².